The van der Waals surface area contributed by atoms with E-state index in [0.717, 1.165) is 47.9 Å². The van der Waals surface area contributed by atoms with Gasteiger partial charge < -0.3 is 0 Å². The first-order valence-corrected chi connectivity index (χ1v) is 12.7. The van der Waals surface area contributed by atoms with Gasteiger partial charge in [0.2, 0.25) is 0 Å². The number of hydrogen-bond acceptors (Lipinski definition) is 2. The van der Waals surface area contributed by atoms with Gasteiger partial charge in [-0.2, -0.15) is 0 Å². The van der Waals surface area contributed by atoms with Crippen LogP contribution in [-0.4, -0.2) is 17.6 Å². The van der Waals surface area contributed by atoms with Crippen LogP contribution in [0.2, 0.25) is 0 Å². The monoisotopic (exact) mass is 393 g/mol. The number of rotatable bonds is 10. The fourth-order valence-corrected chi connectivity index (χ4v) is 9.13. The molecule has 0 atom stereocenters. The molecule has 148 valence electrons. The van der Waals surface area contributed by atoms with Gasteiger partial charge in [-0.05, 0) is 0 Å². The van der Waals surface area contributed by atoms with Crippen molar-refractivity contribution in [3.63, 3.8) is 0 Å². The van der Waals surface area contributed by atoms with E-state index < -0.39 is 6.83 Å². The average molecular weight is 394 g/mol. The zero-order chi connectivity index (χ0) is 19.7. The van der Waals surface area contributed by atoms with E-state index in [9.17, 15) is 4.89 Å². The predicted octanol–water partition coefficient (Wildman–Crippen LogP) is 4.33. The van der Waals surface area contributed by atoms with Crippen molar-refractivity contribution in [1.82, 2.24) is 0 Å². The molecule has 3 N–H and O–H groups in total. The van der Waals surface area contributed by atoms with Crippen LogP contribution in [-0.2, 0) is 0 Å². The molecule has 0 aliphatic carbocycles. The molecule has 0 radical (unpaired) electrons. The normalized spacial score (nSPS) is 13.0. The summed E-state index contributed by atoms with van der Waals surface area (Å²) in [6.45, 7) is -2.77. The molecule has 0 saturated carbocycles. The van der Waals surface area contributed by atoms with Crippen molar-refractivity contribution in [3.8, 4) is 0 Å². The van der Waals surface area contributed by atoms with Crippen LogP contribution in [0.25, 0.3) is 0 Å². The van der Waals surface area contributed by atoms with Gasteiger partial charge in [-0.3, -0.25) is 0 Å². The average Bonchev–Trinajstić information content (AvgIpc) is 2.78. The Labute approximate surface area is 169 Å². The Bertz CT molecular complexity index is 737. The number of unbranched alkanes of at least 4 members (excludes halogenated alkanes) is 4. The van der Waals surface area contributed by atoms with E-state index in [-0.39, 0.29) is 0 Å². The third kappa shape index (κ3) is 4.05. The van der Waals surface area contributed by atoms with Crippen molar-refractivity contribution < 1.29 is 4.89 Å². The Morgan fingerprint density at radius 1 is 0.536 bits per heavy atom. The predicted molar refractivity (Wildman–Crippen MR) is 124 cm³/mol. The van der Waals surface area contributed by atoms with Crippen LogP contribution >= 0.6 is 6.83 Å². The van der Waals surface area contributed by atoms with Gasteiger partial charge in [0, 0.05) is 0 Å². The third-order valence-corrected chi connectivity index (χ3v) is 11.2. The summed E-state index contributed by atoms with van der Waals surface area (Å²) >= 11 is 0. The molecule has 3 heteroatoms. The summed E-state index contributed by atoms with van der Waals surface area (Å²) < 4.78 is 0. The van der Waals surface area contributed by atoms with Gasteiger partial charge in [0.1, 0.15) is 0 Å². The fourth-order valence-electron chi connectivity index (χ4n) is 4.18. The van der Waals surface area contributed by atoms with Gasteiger partial charge in [0.25, 0.3) is 0 Å². The van der Waals surface area contributed by atoms with Crippen LogP contribution in [0.4, 0.5) is 0 Å². The fraction of sp³-hybridized carbons (Fsp3) is 0.280. The first kappa shape index (κ1) is 20.7. The molecule has 3 rings (SSSR count). The van der Waals surface area contributed by atoms with Crippen LogP contribution in [0.15, 0.2) is 91.0 Å². The zero-order valence-corrected chi connectivity index (χ0v) is 17.5. The number of benzene rings is 3. The summed E-state index contributed by atoms with van der Waals surface area (Å²) in [6, 6.07) is 30.9. The maximum atomic E-state index is 12.9. The van der Waals surface area contributed by atoms with Gasteiger partial charge in [0.05, 0.1) is 0 Å². The third-order valence-electron chi connectivity index (χ3n) is 5.73. The minimum atomic E-state index is -3.53. The van der Waals surface area contributed by atoms with Crippen LogP contribution in [0.3, 0.4) is 0 Å². The van der Waals surface area contributed by atoms with Crippen LogP contribution in [0, 0.1) is 0 Å². The molecule has 0 spiro atoms. The van der Waals surface area contributed by atoms with Gasteiger partial charge in [0.15, 0.2) is 0 Å². The molecule has 0 unspecified atom stereocenters. The molecule has 0 amide bonds. The van der Waals surface area contributed by atoms with Crippen LogP contribution in [0.5, 0.6) is 0 Å². The molecular formula is C25H32NOP. The molecule has 3 aromatic carbocycles. The molecule has 0 fully saturated rings. The van der Waals surface area contributed by atoms with E-state index in [2.05, 4.69) is 36.4 Å². The molecule has 0 aliphatic rings. The summed E-state index contributed by atoms with van der Waals surface area (Å²) in [6.07, 6.45) is 6.30. The molecule has 28 heavy (non-hydrogen) atoms. The minimum absolute atomic E-state index is 0.761. The van der Waals surface area contributed by atoms with E-state index >= 15 is 0 Å². The van der Waals surface area contributed by atoms with Gasteiger partial charge >= 0.3 is 169 Å². The zero-order valence-electron chi connectivity index (χ0n) is 16.6. The Morgan fingerprint density at radius 2 is 0.893 bits per heavy atom. The second-order valence-corrected chi connectivity index (χ2v) is 12.0. The van der Waals surface area contributed by atoms with Crippen LogP contribution in [0.1, 0.15) is 32.1 Å². The summed E-state index contributed by atoms with van der Waals surface area (Å²) in [7, 11) is 0. The standard InChI is InChI=1S/C25H32NOP/c26-21-13-2-1-3-14-22-28(27,23-15-7-4-8-16-23,24-17-9-5-10-18-24)25-19-11-6-12-20-25/h4-12,15-20,27H,1-3,13-14,21-22,26H2. The molecule has 0 aromatic heterocycles. The maximum absolute atomic E-state index is 12.9. The first-order chi connectivity index (χ1) is 13.7. The molecular weight excluding hydrogens is 361 g/mol. The van der Waals surface area contributed by atoms with E-state index in [1.54, 1.807) is 0 Å². The quantitative estimate of drug-likeness (QED) is 0.398. The molecule has 3 aromatic rings. The molecule has 0 heterocycles. The van der Waals surface area contributed by atoms with E-state index in [1.165, 1.54) is 12.8 Å². The van der Waals surface area contributed by atoms with Gasteiger partial charge in [-0.15, -0.1) is 0 Å². The summed E-state index contributed by atoms with van der Waals surface area (Å²) in [4.78, 5) is 12.9. The van der Waals surface area contributed by atoms with E-state index in [1.807, 2.05) is 54.6 Å². The van der Waals surface area contributed by atoms with Crippen LogP contribution < -0.4 is 21.6 Å². The van der Waals surface area contributed by atoms with Crippen molar-refractivity contribution in [2.24, 2.45) is 5.73 Å². The number of nitrogens with two attached hydrogens (primary N) is 1. The topological polar surface area (TPSA) is 46.2 Å². The molecule has 2 nitrogen and oxygen atoms in total. The van der Waals surface area contributed by atoms with Crippen molar-refractivity contribution in [2.45, 2.75) is 32.1 Å². The second kappa shape index (κ2) is 9.47. The Hall–Kier alpha value is -1.99. The number of hydrogen-bond donors (Lipinski definition) is 2. The SMILES string of the molecule is NCCCCCCCP(O)(c1ccccc1)(c1ccccc1)c1ccccc1. The first-order valence-electron chi connectivity index (χ1n) is 10.3. The molecule has 0 aliphatic heterocycles. The Balaban J connectivity index is 2.08. The second-order valence-electron chi connectivity index (χ2n) is 7.54. The summed E-state index contributed by atoms with van der Waals surface area (Å²) in [5, 5.41) is 3.15. The molecule has 0 saturated heterocycles. The molecule has 0 bridgehead atoms. The Morgan fingerprint density at radius 3 is 1.29 bits per heavy atom. The van der Waals surface area contributed by atoms with Gasteiger partial charge in [-0.25, -0.2) is 0 Å². The van der Waals surface area contributed by atoms with E-state index in [0.29, 0.717) is 0 Å². The van der Waals surface area contributed by atoms with E-state index in [4.69, 9.17) is 5.73 Å². The summed E-state index contributed by atoms with van der Waals surface area (Å²) in [5.41, 5.74) is 5.63. The van der Waals surface area contributed by atoms with Crippen molar-refractivity contribution in [3.05, 3.63) is 91.0 Å². The summed E-state index contributed by atoms with van der Waals surface area (Å²) in [5.74, 6) is 0. The van der Waals surface area contributed by atoms with Crippen molar-refractivity contribution >= 4 is 22.7 Å². The van der Waals surface area contributed by atoms with Crippen molar-refractivity contribution in [1.29, 1.82) is 0 Å². The van der Waals surface area contributed by atoms with Gasteiger partial charge in [-0.1, -0.05) is 0 Å². The van der Waals surface area contributed by atoms with Crippen molar-refractivity contribution in [2.75, 3.05) is 12.7 Å². The Kier molecular flexibility index (Phi) is 7.02.